The quantitative estimate of drug-likeness (QED) is 0.584. The highest BCUT2D eigenvalue weighted by Gasteiger charge is 2.60. The van der Waals surface area contributed by atoms with E-state index in [0.717, 1.165) is 12.5 Å². The first-order chi connectivity index (χ1) is 5.62. The summed E-state index contributed by atoms with van der Waals surface area (Å²) in [5.74, 6) is 0.762. The monoisotopic (exact) mass is 184 g/mol. The molecule has 3 fully saturated rings. The topological polar surface area (TPSA) is 25.1 Å². The molecule has 3 aliphatic rings. The summed E-state index contributed by atoms with van der Waals surface area (Å²) < 4.78 is 11.1. The number of hydrogen-bond acceptors (Lipinski definition) is 2. The molecule has 4 atom stereocenters. The van der Waals surface area contributed by atoms with Gasteiger partial charge >= 0.3 is 0 Å². The van der Waals surface area contributed by atoms with Gasteiger partial charge in [0.15, 0.2) is 0 Å². The van der Waals surface area contributed by atoms with Gasteiger partial charge in [0.1, 0.15) is 0 Å². The Balaban J connectivity index is 0.000000653. The number of fused-ring (bicyclic) bond motifs is 1. The highest BCUT2D eigenvalue weighted by molar-refractivity contribution is 5.08. The van der Waals surface area contributed by atoms with Gasteiger partial charge in [-0.05, 0) is 39.0 Å². The highest BCUT2D eigenvalue weighted by Crippen LogP contribution is 2.54. The Labute approximate surface area is 80.6 Å². The van der Waals surface area contributed by atoms with Crippen LogP contribution in [0.25, 0.3) is 0 Å². The van der Waals surface area contributed by atoms with E-state index in [2.05, 4.69) is 13.8 Å². The maximum absolute atomic E-state index is 5.66. The first kappa shape index (κ1) is 9.47. The van der Waals surface area contributed by atoms with E-state index in [-0.39, 0.29) is 18.6 Å². The second-order valence-corrected chi connectivity index (χ2v) is 4.99. The Bertz CT molecular complexity index is 222. The molecular formula is C11H20O2. The van der Waals surface area contributed by atoms with Gasteiger partial charge in [0.25, 0.3) is 0 Å². The maximum Gasteiger partial charge on any atom is 0.0920 e. The van der Waals surface area contributed by atoms with Gasteiger partial charge in [-0.25, -0.2) is 0 Å². The Morgan fingerprint density at radius 3 is 2.46 bits per heavy atom. The van der Waals surface area contributed by atoms with Crippen LogP contribution in [0.15, 0.2) is 0 Å². The first-order valence-corrected chi connectivity index (χ1v) is 4.94. The van der Waals surface area contributed by atoms with Crippen LogP contribution < -0.4 is 0 Å². The van der Waals surface area contributed by atoms with Crippen LogP contribution >= 0.6 is 0 Å². The normalized spacial score (nSPS) is 57.7. The Morgan fingerprint density at radius 2 is 1.92 bits per heavy atom. The summed E-state index contributed by atoms with van der Waals surface area (Å²) in [7, 11) is 0. The van der Waals surface area contributed by atoms with Gasteiger partial charge in [0.05, 0.1) is 23.9 Å². The molecule has 13 heavy (non-hydrogen) atoms. The molecule has 0 radical (unpaired) electrons. The van der Waals surface area contributed by atoms with Crippen molar-refractivity contribution >= 4 is 0 Å². The average molecular weight is 184 g/mol. The third-order valence-electron chi connectivity index (χ3n) is 3.99. The van der Waals surface area contributed by atoms with E-state index in [9.17, 15) is 0 Å². The van der Waals surface area contributed by atoms with Crippen molar-refractivity contribution in [2.45, 2.75) is 57.8 Å². The largest absolute Gasteiger partial charge is 0.370 e. The molecule has 2 heteroatoms. The molecular weight excluding hydrogens is 164 g/mol. The number of hydrogen-bond donors (Lipinski definition) is 0. The fourth-order valence-corrected chi connectivity index (χ4v) is 2.55. The minimum atomic E-state index is 0. The van der Waals surface area contributed by atoms with Crippen LogP contribution in [-0.4, -0.2) is 23.9 Å². The van der Waals surface area contributed by atoms with Gasteiger partial charge < -0.3 is 9.47 Å². The molecule has 2 saturated heterocycles. The lowest BCUT2D eigenvalue weighted by atomic mass is 9.77. The predicted octanol–water partition coefficient (Wildman–Crippen LogP) is 2.37. The van der Waals surface area contributed by atoms with Gasteiger partial charge in [0, 0.05) is 0 Å². The van der Waals surface area contributed by atoms with E-state index < -0.39 is 0 Å². The molecule has 76 valence electrons. The summed E-state index contributed by atoms with van der Waals surface area (Å²) in [6.45, 7) is 5.45. The number of rotatable bonds is 1. The van der Waals surface area contributed by atoms with Gasteiger partial charge in [-0.3, -0.25) is 0 Å². The molecule has 1 saturated carbocycles. The van der Waals surface area contributed by atoms with E-state index in [1.165, 1.54) is 19.3 Å². The van der Waals surface area contributed by atoms with Crippen LogP contribution in [-0.2, 0) is 9.47 Å². The molecule has 3 rings (SSSR count). The zero-order valence-electron chi connectivity index (χ0n) is 7.80. The van der Waals surface area contributed by atoms with Crippen LogP contribution in [0.3, 0.4) is 0 Å². The van der Waals surface area contributed by atoms with Crippen molar-refractivity contribution in [2.24, 2.45) is 5.92 Å². The van der Waals surface area contributed by atoms with E-state index >= 15 is 0 Å². The van der Waals surface area contributed by atoms with E-state index in [1.54, 1.807) is 0 Å². The van der Waals surface area contributed by atoms with Crippen LogP contribution in [0.5, 0.6) is 0 Å². The van der Waals surface area contributed by atoms with Crippen LogP contribution in [0.4, 0.5) is 0 Å². The summed E-state index contributed by atoms with van der Waals surface area (Å²) in [5.41, 5.74) is 0.495. The SMILES string of the molecule is C.CC1(C2CCC3(C)OC3C2)CO1. The first-order valence-electron chi connectivity index (χ1n) is 4.94. The average Bonchev–Trinajstić information content (AvgIpc) is 2.86. The molecule has 2 aliphatic heterocycles. The fourth-order valence-electron chi connectivity index (χ4n) is 2.55. The molecule has 0 bridgehead atoms. The van der Waals surface area contributed by atoms with Gasteiger partial charge in [-0.15, -0.1) is 0 Å². The summed E-state index contributed by atoms with van der Waals surface area (Å²) >= 11 is 0. The van der Waals surface area contributed by atoms with Gasteiger partial charge in [-0.2, -0.15) is 0 Å². The molecule has 0 amide bonds. The summed E-state index contributed by atoms with van der Waals surface area (Å²) in [4.78, 5) is 0. The zero-order chi connectivity index (χ0) is 8.40. The molecule has 2 heterocycles. The highest BCUT2D eigenvalue weighted by atomic mass is 16.6. The summed E-state index contributed by atoms with van der Waals surface area (Å²) in [6.07, 6.45) is 4.31. The van der Waals surface area contributed by atoms with Crippen molar-refractivity contribution in [3.05, 3.63) is 0 Å². The van der Waals surface area contributed by atoms with E-state index in [0.29, 0.717) is 6.10 Å². The number of epoxide rings is 2. The van der Waals surface area contributed by atoms with E-state index in [4.69, 9.17) is 9.47 Å². The lowest BCUT2D eigenvalue weighted by molar-refractivity contribution is 0.191. The Morgan fingerprint density at radius 1 is 1.23 bits per heavy atom. The van der Waals surface area contributed by atoms with Crippen molar-refractivity contribution < 1.29 is 9.47 Å². The predicted molar refractivity (Wildman–Crippen MR) is 51.7 cm³/mol. The maximum atomic E-state index is 5.66. The Hall–Kier alpha value is -0.0800. The third kappa shape index (κ3) is 1.31. The lowest BCUT2D eigenvalue weighted by Gasteiger charge is -2.25. The van der Waals surface area contributed by atoms with Crippen molar-refractivity contribution in [1.82, 2.24) is 0 Å². The Kier molecular flexibility index (Phi) is 1.81. The molecule has 2 nitrogen and oxygen atoms in total. The summed E-state index contributed by atoms with van der Waals surface area (Å²) in [5, 5.41) is 0. The minimum absolute atomic E-state index is 0. The van der Waals surface area contributed by atoms with Crippen molar-refractivity contribution in [1.29, 1.82) is 0 Å². The second-order valence-electron chi connectivity index (χ2n) is 4.99. The van der Waals surface area contributed by atoms with Crippen molar-refractivity contribution in [3.8, 4) is 0 Å². The molecule has 0 spiro atoms. The van der Waals surface area contributed by atoms with Crippen LogP contribution in [0, 0.1) is 5.92 Å². The molecule has 0 aromatic rings. The second kappa shape index (κ2) is 2.48. The van der Waals surface area contributed by atoms with E-state index in [1.807, 2.05) is 0 Å². The van der Waals surface area contributed by atoms with Crippen molar-refractivity contribution in [3.63, 3.8) is 0 Å². The van der Waals surface area contributed by atoms with Crippen LogP contribution in [0.1, 0.15) is 40.5 Å². The van der Waals surface area contributed by atoms with Crippen LogP contribution in [0.2, 0.25) is 0 Å². The number of ether oxygens (including phenoxy) is 2. The molecule has 0 N–H and O–H groups in total. The molecule has 4 unspecified atom stereocenters. The summed E-state index contributed by atoms with van der Waals surface area (Å²) in [6, 6.07) is 0. The molecule has 0 aromatic heterocycles. The minimum Gasteiger partial charge on any atom is -0.370 e. The fraction of sp³-hybridized carbons (Fsp3) is 1.00. The third-order valence-corrected chi connectivity index (χ3v) is 3.99. The smallest absolute Gasteiger partial charge is 0.0920 e. The lowest BCUT2D eigenvalue weighted by Crippen LogP contribution is -2.29. The van der Waals surface area contributed by atoms with Gasteiger partial charge in [0.2, 0.25) is 0 Å². The van der Waals surface area contributed by atoms with Gasteiger partial charge in [-0.1, -0.05) is 7.43 Å². The standard InChI is InChI=1S/C10H16O2.CH4/c1-9-4-3-7(5-8(9)12-9)10(2)6-11-10;/h7-8H,3-6H2,1-2H3;1H4. The van der Waals surface area contributed by atoms with Crippen molar-refractivity contribution in [2.75, 3.05) is 6.61 Å². The molecule has 1 aliphatic carbocycles. The zero-order valence-corrected chi connectivity index (χ0v) is 7.80. The molecule has 0 aromatic carbocycles.